The molecule has 0 aliphatic carbocycles. The number of carbonyl (C=O) groups excluding carboxylic acids is 1. The molecule has 6 heteroatoms. The maximum atomic E-state index is 11.2. The van der Waals surface area contributed by atoms with Gasteiger partial charge in [-0.3, -0.25) is 4.79 Å². The van der Waals surface area contributed by atoms with E-state index in [2.05, 4.69) is 15.3 Å². The molecule has 0 spiro atoms. The lowest BCUT2D eigenvalue weighted by Crippen LogP contribution is -2.06. The van der Waals surface area contributed by atoms with Crippen LogP contribution in [0.15, 0.2) is 30.3 Å². The Hall–Kier alpha value is -3.15. The number of nitrogens with zero attached hydrogens (tertiary/aromatic N) is 1. The fourth-order valence-electron chi connectivity index (χ4n) is 2.87. The van der Waals surface area contributed by atoms with Gasteiger partial charge in [-0.2, -0.15) is 0 Å². The Kier molecular flexibility index (Phi) is 3.81. The van der Waals surface area contributed by atoms with Gasteiger partial charge in [0.25, 0.3) is 0 Å². The van der Waals surface area contributed by atoms with Gasteiger partial charge in [0.15, 0.2) is 0 Å². The van der Waals surface area contributed by atoms with Gasteiger partial charge in [-0.15, -0.1) is 0 Å². The van der Waals surface area contributed by atoms with Gasteiger partial charge < -0.3 is 15.4 Å². The number of carboxylic acid groups (broad SMARTS) is 1. The fraction of sp³-hybridized carbons (Fsp3) is 0.167. The summed E-state index contributed by atoms with van der Waals surface area (Å²) in [6, 6.07) is 8.58. The summed E-state index contributed by atoms with van der Waals surface area (Å²) >= 11 is 0. The van der Waals surface area contributed by atoms with Crippen molar-refractivity contribution in [3.63, 3.8) is 0 Å². The number of amides is 1. The monoisotopic (exact) mass is 323 g/mol. The van der Waals surface area contributed by atoms with Crippen LogP contribution in [0.5, 0.6) is 0 Å². The van der Waals surface area contributed by atoms with Crippen LogP contribution in [0.25, 0.3) is 22.4 Å². The second kappa shape index (κ2) is 5.81. The first-order valence-electron chi connectivity index (χ1n) is 7.47. The number of H-pyrrole nitrogens is 1. The van der Waals surface area contributed by atoms with Crippen LogP contribution in [0.1, 0.15) is 28.4 Å². The number of aromatic nitrogens is 2. The van der Waals surface area contributed by atoms with E-state index in [9.17, 15) is 9.59 Å². The van der Waals surface area contributed by atoms with Gasteiger partial charge in [0.1, 0.15) is 5.82 Å². The minimum atomic E-state index is -0.972. The van der Waals surface area contributed by atoms with Crippen molar-refractivity contribution in [3.05, 3.63) is 47.0 Å². The van der Waals surface area contributed by atoms with Gasteiger partial charge in [-0.25, -0.2) is 9.78 Å². The van der Waals surface area contributed by atoms with E-state index in [-0.39, 0.29) is 11.5 Å². The van der Waals surface area contributed by atoms with Crippen LogP contribution in [0.2, 0.25) is 0 Å². The number of carboxylic acids is 1. The molecule has 24 heavy (non-hydrogen) atoms. The van der Waals surface area contributed by atoms with Gasteiger partial charge in [0.05, 0.1) is 16.6 Å². The number of aromatic carboxylic acids is 1. The number of rotatable bonds is 3. The number of nitrogens with one attached hydrogen (secondary N) is 2. The van der Waals surface area contributed by atoms with Crippen molar-refractivity contribution in [2.75, 3.05) is 5.32 Å². The molecule has 6 nitrogen and oxygen atoms in total. The minimum Gasteiger partial charge on any atom is -0.478 e. The van der Waals surface area contributed by atoms with Crippen molar-refractivity contribution >= 4 is 28.6 Å². The molecule has 0 unspecified atom stereocenters. The summed E-state index contributed by atoms with van der Waals surface area (Å²) in [5.74, 6) is -0.413. The Morgan fingerprint density at radius 1 is 1.12 bits per heavy atom. The van der Waals surface area contributed by atoms with Crippen molar-refractivity contribution < 1.29 is 14.7 Å². The smallest absolute Gasteiger partial charge is 0.335 e. The van der Waals surface area contributed by atoms with E-state index in [0.29, 0.717) is 16.9 Å². The quantitative estimate of drug-likeness (QED) is 0.687. The SMILES string of the molecule is CC(=O)Nc1cc(C)c(-c2nc3ccc(C(=O)O)cc3[nH]2)c(C)c1. The zero-order valence-corrected chi connectivity index (χ0v) is 13.6. The van der Waals surface area contributed by atoms with Crippen LogP contribution >= 0.6 is 0 Å². The van der Waals surface area contributed by atoms with E-state index in [1.54, 1.807) is 12.1 Å². The molecule has 1 heterocycles. The number of anilines is 1. The number of carbonyl (C=O) groups is 2. The second-order valence-electron chi connectivity index (χ2n) is 5.79. The second-order valence-corrected chi connectivity index (χ2v) is 5.79. The third-order valence-corrected chi connectivity index (χ3v) is 3.82. The van der Waals surface area contributed by atoms with Crippen molar-refractivity contribution in [3.8, 4) is 11.4 Å². The van der Waals surface area contributed by atoms with Crippen LogP contribution in [-0.4, -0.2) is 27.0 Å². The van der Waals surface area contributed by atoms with E-state index < -0.39 is 5.97 Å². The predicted octanol–water partition coefficient (Wildman–Crippen LogP) is 3.50. The highest BCUT2D eigenvalue weighted by Gasteiger charge is 2.13. The summed E-state index contributed by atoms with van der Waals surface area (Å²) in [6.45, 7) is 5.37. The van der Waals surface area contributed by atoms with E-state index >= 15 is 0 Å². The summed E-state index contributed by atoms with van der Waals surface area (Å²) in [6.07, 6.45) is 0. The van der Waals surface area contributed by atoms with Crippen molar-refractivity contribution in [2.45, 2.75) is 20.8 Å². The molecule has 0 saturated heterocycles. The number of fused-ring (bicyclic) bond motifs is 1. The van der Waals surface area contributed by atoms with Gasteiger partial charge in [-0.1, -0.05) is 0 Å². The first-order valence-corrected chi connectivity index (χ1v) is 7.47. The van der Waals surface area contributed by atoms with Crippen molar-refractivity contribution in [1.29, 1.82) is 0 Å². The van der Waals surface area contributed by atoms with Crippen LogP contribution in [0.4, 0.5) is 5.69 Å². The highest BCUT2D eigenvalue weighted by molar-refractivity contribution is 5.93. The molecule has 3 N–H and O–H groups in total. The number of imidazole rings is 1. The van der Waals surface area contributed by atoms with Crippen LogP contribution in [0.3, 0.4) is 0 Å². The van der Waals surface area contributed by atoms with Gasteiger partial charge in [0, 0.05) is 18.2 Å². The number of benzene rings is 2. The fourth-order valence-corrected chi connectivity index (χ4v) is 2.87. The zero-order valence-electron chi connectivity index (χ0n) is 13.6. The predicted molar refractivity (Wildman–Crippen MR) is 92.3 cm³/mol. The molecule has 0 aliphatic rings. The molecule has 0 saturated carbocycles. The molecule has 1 aromatic heterocycles. The molecule has 3 rings (SSSR count). The Balaban J connectivity index is 2.10. The van der Waals surface area contributed by atoms with Crippen LogP contribution in [-0.2, 0) is 4.79 Å². The number of hydrogen-bond donors (Lipinski definition) is 3. The number of aromatic amines is 1. The molecular weight excluding hydrogens is 306 g/mol. The highest BCUT2D eigenvalue weighted by atomic mass is 16.4. The van der Waals surface area contributed by atoms with Crippen LogP contribution < -0.4 is 5.32 Å². The van der Waals surface area contributed by atoms with E-state index in [0.717, 1.165) is 22.4 Å². The maximum Gasteiger partial charge on any atom is 0.335 e. The van der Waals surface area contributed by atoms with E-state index in [4.69, 9.17) is 5.11 Å². The lowest BCUT2D eigenvalue weighted by molar-refractivity contribution is -0.114. The normalized spacial score (nSPS) is 10.8. The summed E-state index contributed by atoms with van der Waals surface area (Å²) in [5, 5.41) is 11.9. The Bertz CT molecular complexity index is 950. The Morgan fingerprint density at radius 3 is 2.38 bits per heavy atom. The summed E-state index contributed by atoms with van der Waals surface area (Å²) < 4.78 is 0. The van der Waals surface area contributed by atoms with Gasteiger partial charge in [0.2, 0.25) is 5.91 Å². The third kappa shape index (κ3) is 2.86. The molecular formula is C18H17N3O3. The Labute approximate surface area is 138 Å². The summed E-state index contributed by atoms with van der Waals surface area (Å²) in [7, 11) is 0. The average molecular weight is 323 g/mol. The van der Waals surface area contributed by atoms with E-state index in [1.165, 1.54) is 13.0 Å². The van der Waals surface area contributed by atoms with Gasteiger partial charge in [-0.05, 0) is 55.3 Å². The molecule has 1 amide bonds. The molecule has 0 fully saturated rings. The first-order chi connectivity index (χ1) is 11.3. The average Bonchev–Trinajstić information content (AvgIpc) is 2.87. The lowest BCUT2D eigenvalue weighted by Gasteiger charge is -2.11. The molecule has 0 aliphatic heterocycles. The summed E-state index contributed by atoms with van der Waals surface area (Å²) in [5.41, 5.74) is 5.22. The number of aryl methyl sites for hydroxylation is 2. The standard InChI is InChI=1S/C18H17N3O3/c1-9-6-13(19-11(3)22)7-10(2)16(9)17-20-14-5-4-12(18(23)24)8-15(14)21-17/h4-8H,1-3H3,(H,19,22)(H,20,21)(H,23,24). The largest absolute Gasteiger partial charge is 0.478 e. The lowest BCUT2D eigenvalue weighted by atomic mass is 10.0. The first kappa shape index (κ1) is 15.7. The molecule has 2 aromatic carbocycles. The number of hydrogen-bond acceptors (Lipinski definition) is 3. The highest BCUT2D eigenvalue weighted by Crippen LogP contribution is 2.30. The molecule has 3 aromatic rings. The molecule has 0 radical (unpaired) electrons. The molecule has 122 valence electrons. The van der Waals surface area contributed by atoms with Gasteiger partial charge >= 0.3 is 5.97 Å². The zero-order chi connectivity index (χ0) is 17.4. The topological polar surface area (TPSA) is 95.1 Å². The Morgan fingerprint density at radius 2 is 1.79 bits per heavy atom. The maximum absolute atomic E-state index is 11.2. The summed E-state index contributed by atoms with van der Waals surface area (Å²) in [4.78, 5) is 30.1. The van der Waals surface area contributed by atoms with Crippen LogP contribution in [0, 0.1) is 13.8 Å². The van der Waals surface area contributed by atoms with Crippen molar-refractivity contribution in [2.24, 2.45) is 0 Å². The van der Waals surface area contributed by atoms with E-state index in [1.807, 2.05) is 26.0 Å². The minimum absolute atomic E-state index is 0.119. The third-order valence-electron chi connectivity index (χ3n) is 3.82. The van der Waals surface area contributed by atoms with Crippen molar-refractivity contribution in [1.82, 2.24) is 9.97 Å². The molecule has 0 atom stereocenters. The molecule has 0 bridgehead atoms.